The van der Waals surface area contributed by atoms with E-state index in [2.05, 4.69) is 74.2 Å². The second-order valence-electron chi connectivity index (χ2n) is 19.6. The monoisotopic (exact) mass is 926 g/mol. The Morgan fingerprint density at radius 2 is 1.21 bits per heavy atom. The van der Waals surface area contributed by atoms with Crippen LogP contribution in [-0.4, -0.2) is 76.3 Å². The number of carbonyl (C=O) groups excluding carboxylic acids is 2. The SMILES string of the molecule is CC(C)(C)OC(=O)N1C[C@@H](CCC(N)c2cc(Br)ccn2)CC1(C)C.CC(C)(C)OC(=O)N1C[C@@H](CCC(NS(=O)C(C)(C)C)c2cc(Br)ccn2)CC1(C)C. The van der Waals surface area contributed by atoms with E-state index in [-0.39, 0.29) is 40.1 Å². The van der Waals surface area contributed by atoms with Crippen molar-refractivity contribution < 1.29 is 23.3 Å². The second kappa shape index (κ2) is 19.3. The molecule has 2 aliphatic rings. The maximum absolute atomic E-state index is 12.8. The highest BCUT2D eigenvalue weighted by molar-refractivity contribution is 9.10. The summed E-state index contributed by atoms with van der Waals surface area (Å²) in [6.07, 6.45) is 8.43. The fourth-order valence-corrected chi connectivity index (χ4v) is 8.77. The molecule has 0 saturated carbocycles. The van der Waals surface area contributed by atoms with Crippen LogP contribution < -0.4 is 10.5 Å². The Hall–Kier alpha value is -2.13. The van der Waals surface area contributed by atoms with Crippen LogP contribution in [0.5, 0.6) is 0 Å². The van der Waals surface area contributed by atoms with Crippen LogP contribution in [0, 0.1) is 11.8 Å². The van der Waals surface area contributed by atoms with E-state index >= 15 is 0 Å². The Labute approximate surface area is 356 Å². The fraction of sp³-hybridized carbons (Fsp3) is 0.714. The van der Waals surface area contributed by atoms with Gasteiger partial charge in [0, 0.05) is 51.5 Å². The van der Waals surface area contributed by atoms with E-state index in [0.717, 1.165) is 65.4 Å². The maximum Gasteiger partial charge on any atom is 0.410 e. The zero-order chi connectivity index (χ0) is 42.4. The number of nitrogens with zero attached hydrogens (tertiary/aromatic N) is 4. The Kier molecular flexibility index (Phi) is 16.6. The van der Waals surface area contributed by atoms with Gasteiger partial charge in [-0.2, -0.15) is 0 Å². The molecular formula is C42H68Br2N6O5S. The third kappa shape index (κ3) is 15.2. The van der Waals surface area contributed by atoms with Crippen LogP contribution in [0.15, 0.2) is 45.6 Å². The topological polar surface area (TPSA) is 140 Å². The largest absolute Gasteiger partial charge is 0.444 e. The number of hydrogen-bond acceptors (Lipinski definition) is 8. The van der Waals surface area contributed by atoms with Crippen molar-refractivity contribution in [2.75, 3.05) is 13.1 Å². The normalized spacial score (nSPS) is 21.1. The molecule has 316 valence electrons. The standard InChI is InChI=1S/C23H38BrN3O3S.C19H30BrN3O2/c1-21(2,3)30-20(28)27-15-16(14-23(27,7)8)9-10-18(26-31(29)22(4,5)6)19-13-17(24)11-12-25-19;1-18(2,3)25-17(24)23-12-13(11-19(23,4)5)6-7-15(21)16-10-14(20)8-9-22-16/h11-13,16,18,26H,9-10,14-15H2,1-8H3;8-10,13,15H,6-7,11-12,21H2,1-5H3/t16-,18?,31?;13-,15?/m00/s1. The highest BCUT2D eigenvalue weighted by Gasteiger charge is 2.44. The number of rotatable bonds is 10. The molecule has 14 heteroatoms. The molecule has 5 atom stereocenters. The fourth-order valence-electron chi connectivity index (χ4n) is 7.21. The molecule has 0 spiro atoms. The van der Waals surface area contributed by atoms with Gasteiger partial charge in [0.1, 0.15) is 11.2 Å². The summed E-state index contributed by atoms with van der Waals surface area (Å²) in [6, 6.07) is 7.51. The molecule has 2 aromatic rings. The van der Waals surface area contributed by atoms with Crippen molar-refractivity contribution in [2.24, 2.45) is 17.6 Å². The summed E-state index contributed by atoms with van der Waals surface area (Å²) in [5, 5.41) is 0. The van der Waals surface area contributed by atoms with Gasteiger partial charge in [-0.25, -0.2) is 18.5 Å². The second-order valence-corrected chi connectivity index (χ2v) is 23.4. The molecular weight excluding hydrogens is 860 g/mol. The number of nitrogens with two attached hydrogens (primary N) is 1. The molecule has 0 aromatic carbocycles. The number of pyridine rings is 2. The molecule has 3 N–H and O–H groups in total. The highest BCUT2D eigenvalue weighted by Crippen LogP contribution is 2.39. The van der Waals surface area contributed by atoms with Gasteiger partial charge in [0.15, 0.2) is 0 Å². The summed E-state index contributed by atoms with van der Waals surface area (Å²) in [6.45, 7) is 27.0. The smallest absolute Gasteiger partial charge is 0.410 e. The summed E-state index contributed by atoms with van der Waals surface area (Å²) >= 11 is 6.97. The lowest BCUT2D eigenvalue weighted by molar-refractivity contribution is 0.0118. The minimum atomic E-state index is -1.21. The summed E-state index contributed by atoms with van der Waals surface area (Å²) in [7, 11) is -1.21. The first kappa shape index (κ1) is 48.2. The number of hydrogen-bond donors (Lipinski definition) is 2. The molecule has 2 amide bonds. The Balaban J connectivity index is 0.000000307. The van der Waals surface area contributed by atoms with E-state index in [0.29, 0.717) is 18.4 Å². The van der Waals surface area contributed by atoms with Crippen LogP contribution in [0.4, 0.5) is 9.59 Å². The third-order valence-electron chi connectivity index (χ3n) is 9.93. The van der Waals surface area contributed by atoms with Crippen molar-refractivity contribution in [1.29, 1.82) is 0 Å². The van der Waals surface area contributed by atoms with Crippen molar-refractivity contribution in [1.82, 2.24) is 24.5 Å². The van der Waals surface area contributed by atoms with E-state index in [1.807, 2.05) is 96.4 Å². The Morgan fingerprint density at radius 1 is 0.804 bits per heavy atom. The van der Waals surface area contributed by atoms with E-state index in [4.69, 9.17) is 15.2 Å². The van der Waals surface area contributed by atoms with Crippen LogP contribution in [0.3, 0.4) is 0 Å². The molecule has 2 fully saturated rings. The van der Waals surface area contributed by atoms with Gasteiger partial charge in [-0.15, -0.1) is 0 Å². The molecule has 0 radical (unpaired) electrons. The van der Waals surface area contributed by atoms with Crippen LogP contribution in [0.25, 0.3) is 0 Å². The molecule has 2 saturated heterocycles. The van der Waals surface area contributed by atoms with Crippen LogP contribution in [0.2, 0.25) is 0 Å². The first-order valence-corrected chi connectivity index (χ1v) is 22.5. The predicted octanol–water partition coefficient (Wildman–Crippen LogP) is 10.4. The Morgan fingerprint density at radius 3 is 1.62 bits per heavy atom. The van der Waals surface area contributed by atoms with Gasteiger partial charge < -0.3 is 25.0 Å². The first-order chi connectivity index (χ1) is 25.6. The van der Waals surface area contributed by atoms with Gasteiger partial charge in [-0.05, 0) is 165 Å². The van der Waals surface area contributed by atoms with Crippen LogP contribution in [0.1, 0.15) is 152 Å². The number of ether oxygens (including phenoxy) is 2. The summed E-state index contributed by atoms with van der Waals surface area (Å²) in [5.41, 5.74) is 6.64. The molecule has 11 nitrogen and oxygen atoms in total. The van der Waals surface area contributed by atoms with Gasteiger partial charge in [0.25, 0.3) is 0 Å². The summed E-state index contributed by atoms with van der Waals surface area (Å²) < 4.78 is 28.8. The van der Waals surface area contributed by atoms with Gasteiger partial charge in [-0.1, -0.05) is 31.9 Å². The van der Waals surface area contributed by atoms with E-state index < -0.39 is 22.2 Å². The first-order valence-electron chi connectivity index (χ1n) is 19.7. The highest BCUT2D eigenvalue weighted by atomic mass is 79.9. The average Bonchev–Trinajstić information content (AvgIpc) is 3.53. The number of aromatic nitrogens is 2. The molecule has 2 aliphatic heterocycles. The van der Waals surface area contributed by atoms with Gasteiger partial charge >= 0.3 is 12.2 Å². The molecule has 4 heterocycles. The van der Waals surface area contributed by atoms with E-state index in [1.54, 1.807) is 12.4 Å². The predicted molar refractivity (Wildman–Crippen MR) is 233 cm³/mol. The quantitative estimate of drug-likeness (QED) is 0.240. The molecule has 0 aliphatic carbocycles. The Bertz CT molecular complexity index is 1650. The van der Waals surface area contributed by atoms with Crippen molar-refractivity contribution in [2.45, 2.75) is 168 Å². The van der Waals surface area contributed by atoms with E-state index in [1.165, 1.54) is 0 Å². The van der Waals surface area contributed by atoms with Crippen LogP contribution >= 0.6 is 31.9 Å². The lowest BCUT2D eigenvalue weighted by Crippen LogP contribution is -2.45. The zero-order valence-corrected chi connectivity index (χ0v) is 40.0. The maximum atomic E-state index is 12.8. The number of halogens is 2. The number of amides is 2. The molecule has 2 aromatic heterocycles. The van der Waals surface area contributed by atoms with Crippen LogP contribution in [-0.2, 0) is 20.5 Å². The number of carbonyl (C=O) groups is 2. The third-order valence-corrected chi connectivity index (χ3v) is 12.5. The molecule has 3 unspecified atom stereocenters. The van der Waals surface area contributed by atoms with Gasteiger partial charge in [-0.3, -0.25) is 9.97 Å². The van der Waals surface area contributed by atoms with Gasteiger partial charge in [0.05, 0.1) is 33.2 Å². The minimum Gasteiger partial charge on any atom is -0.444 e. The van der Waals surface area contributed by atoms with Crippen molar-refractivity contribution >= 4 is 55.0 Å². The lowest BCUT2D eigenvalue weighted by atomic mass is 9.91. The zero-order valence-electron chi connectivity index (χ0n) is 36.0. The average molecular weight is 929 g/mol. The molecule has 4 rings (SSSR count). The van der Waals surface area contributed by atoms with Crippen molar-refractivity contribution in [3.8, 4) is 0 Å². The minimum absolute atomic E-state index is 0.0869. The molecule has 56 heavy (non-hydrogen) atoms. The van der Waals surface area contributed by atoms with Crippen molar-refractivity contribution in [3.05, 3.63) is 57.0 Å². The van der Waals surface area contributed by atoms with Crippen molar-refractivity contribution in [3.63, 3.8) is 0 Å². The summed E-state index contributed by atoms with van der Waals surface area (Å²) in [5.74, 6) is 0.780. The number of nitrogens with one attached hydrogen (secondary N) is 1. The lowest BCUT2D eigenvalue weighted by Gasteiger charge is -2.33. The molecule has 0 bridgehead atoms. The summed E-state index contributed by atoms with van der Waals surface area (Å²) in [4.78, 5) is 37.8. The van der Waals surface area contributed by atoms with E-state index in [9.17, 15) is 13.8 Å². The van der Waals surface area contributed by atoms with Gasteiger partial charge in [0.2, 0.25) is 0 Å². The number of likely N-dealkylation sites (tertiary alicyclic amines) is 2.